The SMILES string of the molecule is Cc1c(Cl)c(C(=O)N2CCC(Oc3cccnc3N(C)C)C2)nn1C. The summed E-state index contributed by atoms with van der Waals surface area (Å²) in [6.45, 7) is 2.97. The molecule has 3 heterocycles. The second-order valence-corrected chi connectivity index (χ2v) is 6.75. The first kappa shape index (κ1) is 17.5. The average molecular weight is 364 g/mol. The van der Waals surface area contributed by atoms with Crippen LogP contribution in [0.15, 0.2) is 18.3 Å². The monoisotopic (exact) mass is 363 g/mol. The molecule has 0 saturated carbocycles. The van der Waals surface area contributed by atoms with Crippen molar-refractivity contribution in [2.75, 3.05) is 32.1 Å². The van der Waals surface area contributed by atoms with Gasteiger partial charge in [0, 0.05) is 40.3 Å². The molecular weight excluding hydrogens is 342 g/mol. The number of nitrogens with zero attached hydrogens (tertiary/aromatic N) is 5. The summed E-state index contributed by atoms with van der Waals surface area (Å²) < 4.78 is 7.71. The molecule has 1 saturated heterocycles. The van der Waals surface area contributed by atoms with Gasteiger partial charge in [-0.3, -0.25) is 9.48 Å². The topological polar surface area (TPSA) is 63.5 Å². The third-order valence-corrected chi connectivity index (χ3v) is 4.82. The van der Waals surface area contributed by atoms with Gasteiger partial charge in [0.15, 0.2) is 17.3 Å². The Labute approximate surface area is 152 Å². The van der Waals surface area contributed by atoms with E-state index in [0.717, 1.165) is 23.7 Å². The fourth-order valence-corrected chi connectivity index (χ4v) is 3.11. The van der Waals surface area contributed by atoms with Crippen LogP contribution in [0.1, 0.15) is 22.6 Å². The summed E-state index contributed by atoms with van der Waals surface area (Å²) in [5, 5.41) is 4.65. The van der Waals surface area contributed by atoms with Crippen molar-refractivity contribution in [3.8, 4) is 5.75 Å². The summed E-state index contributed by atoms with van der Waals surface area (Å²) in [6.07, 6.45) is 2.42. The Balaban J connectivity index is 1.70. The van der Waals surface area contributed by atoms with Crippen molar-refractivity contribution in [3.63, 3.8) is 0 Å². The number of likely N-dealkylation sites (tertiary alicyclic amines) is 1. The molecule has 7 nitrogen and oxygen atoms in total. The van der Waals surface area contributed by atoms with E-state index >= 15 is 0 Å². The van der Waals surface area contributed by atoms with Crippen molar-refractivity contribution >= 4 is 23.3 Å². The molecule has 0 bridgehead atoms. The number of halogens is 1. The smallest absolute Gasteiger partial charge is 0.276 e. The molecule has 8 heteroatoms. The molecule has 3 rings (SSSR count). The number of ether oxygens (including phenoxy) is 1. The second-order valence-electron chi connectivity index (χ2n) is 6.37. The van der Waals surface area contributed by atoms with Gasteiger partial charge in [0.1, 0.15) is 6.10 Å². The molecule has 1 unspecified atom stereocenters. The van der Waals surface area contributed by atoms with E-state index in [-0.39, 0.29) is 12.0 Å². The van der Waals surface area contributed by atoms with Gasteiger partial charge in [0.25, 0.3) is 5.91 Å². The summed E-state index contributed by atoms with van der Waals surface area (Å²) in [6, 6.07) is 3.74. The van der Waals surface area contributed by atoms with E-state index in [4.69, 9.17) is 16.3 Å². The van der Waals surface area contributed by atoms with Crippen LogP contribution in [0.4, 0.5) is 5.82 Å². The molecule has 2 aromatic rings. The van der Waals surface area contributed by atoms with Gasteiger partial charge in [-0.25, -0.2) is 4.98 Å². The molecule has 25 heavy (non-hydrogen) atoms. The predicted octanol–water partition coefficient (Wildman–Crippen LogP) is 2.14. The van der Waals surface area contributed by atoms with Crippen molar-refractivity contribution in [1.82, 2.24) is 19.7 Å². The van der Waals surface area contributed by atoms with Crippen molar-refractivity contribution in [2.45, 2.75) is 19.4 Å². The number of hydrogen-bond acceptors (Lipinski definition) is 5. The number of hydrogen-bond donors (Lipinski definition) is 0. The summed E-state index contributed by atoms with van der Waals surface area (Å²) in [7, 11) is 5.62. The van der Waals surface area contributed by atoms with Gasteiger partial charge >= 0.3 is 0 Å². The lowest BCUT2D eigenvalue weighted by Crippen LogP contribution is -2.31. The van der Waals surface area contributed by atoms with E-state index in [1.165, 1.54) is 0 Å². The molecule has 0 radical (unpaired) electrons. The summed E-state index contributed by atoms with van der Waals surface area (Å²) in [5.74, 6) is 1.34. The molecule has 2 aromatic heterocycles. The van der Waals surface area contributed by atoms with Gasteiger partial charge in [0.05, 0.1) is 17.3 Å². The highest BCUT2D eigenvalue weighted by molar-refractivity contribution is 6.34. The number of amides is 1. The Kier molecular flexibility index (Phi) is 4.85. The second kappa shape index (κ2) is 6.92. The first-order valence-electron chi connectivity index (χ1n) is 8.16. The maximum atomic E-state index is 12.7. The molecule has 0 N–H and O–H groups in total. The Bertz CT molecular complexity index is 789. The Morgan fingerprint density at radius 3 is 2.84 bits per heavy atom. The van der Waals surface area contributed by atoms with E-state index in [1.807, 2.05) is 38.1 Å². The Hall–Kier alpha value is -2.28. The minimum absolute atomic E-state index is 0.0737. The number of carbonyl (C=O) groups excluding carboxylic acids is 1. The summed E-state index contributed by atoms with van der Waals surface area (Å²) >= 11 is 6.23. The van der Waals surface area contributed by atoms with Crippen LogP contribution >= 0.6 is 11.6 Å². The van der Waals surface area contributed by atoms with Crippen molar-refractivity contribution < 1.29 is 9.53 Å². The number of rotatable bonds is 4. The fourth-order valence-electron chi connectivity index (χ4n) is 2.87. The van der Waals surface area contributed by atoms with Crippen molar-refractivity contribution in [1.29, 1.82) is 0 Å². The zero-order chi connectivity index (χ0) is 18.1. The van der Waals surface area contributed by atoms with Crippen molar-refractivity contribution in [2.24, 2.45) is 7.05 Å². The van der Waals surface area contributed by atoms with E-state index in [0.29, 0.717) is 23.8 Å². The van der Waals surface area contributed by atoms with Gasteiger partial charge in [-0.2, -0.15) is 5.10 Å². The maximum Gasteiger partial charge on any atom is 0.276 e. The molecule has 1 fully saturated rings. The standard InChI is InChI=1S/C17H22ClN5O2/c1-11-14(18)15(20-22(11)4)17(24)23-9-7-12(10-23)25-13-6-5-8-19-16(13)21(2)3/h5-6,8,12H,7,9-10H2,1-4H3. The van der Waals surface area contributed by atoms with Gasteiger partial charge in [-0.1, -0.05) is 11.6 Å². The van der Waals surface area contributed by atoms with Gasteiger partial charge in [-0.05, 0) is 19.1 Å². The largest absolute Gasteiger partial charge is 0.485 e. The van der Waals surface area contributed by atoms with Crippen LogP contribution in [-0.2, 0) is 7.05 Å². The van der Waals surface area contributed by atoms with Crippen LogP contribution in [0.3, 0.4) is 0 Å². The lowest BCUT2D eigenvalue weighted by atomic mass is 10.3. The van der Waals surface area contributed by atoms with E-state index in [9.17, 15) is 4.79 Å². The van der Waals surface area contributed by atoms with Crippen LogP contribution in [0.2, 0.25) is 5.02 Å². The van der Waals surface area contributed by atoms with Gasteiger partial charge in [0.2, 0.25) is 0 Å². The molecule has 1 aliphatic heterocycles. The highest BCUT2D eigenvalue weighted by Gasteiger charge is 2.31. The van der Waals surface area contributed by atoms with Crippen LogP contribution in [0.25, 0.3) is 0 Å². The third kappa shape index (κ3) is 3.42. The van der Waals surface area contributed by atoms with Crippen LogP contribution in [0, 0.1) is 6.92 Å². The highest BCUT2D eigenvalue weighted by Crippen LogP contribution is 2.28. The number of aromatic nitrogens is 3. The summed E-state index contributed by atoms with van der Waals surface area (Å²) in [4.78, 5) is 20.7. The van der Waals surface area contributed by atoms with Crippen LogP contribution in [-0.4, -0.2) is 58.9 Å². The van der Waals surface area contributed by atoms with E-state index < -0.39 is 0 Å². The van der Waals surface area contributed by atoms with E-state index in [2.05, 4.69) is 10.1 Å². The quantitative estimate of drug-likeness (QED) is 0.832. The van der Waals surface area contributed by atoms with Gasteiger partial charge in [-0.15, -0.1) is 0 Å². The first-order valence-corrected chi connectivity index (χ1v) is 8.53. The molecule has 1 amide bonds. The van der Waals surface area contributed by atoms with Crippen LogP contribution in [0.5, 0.6) is 5.75 Å². The van der Waals surface area contributed by atoms with E-state index in [1.54, 1.807) is 22.8 Å². The molecule has 0 aromatic carbocycles. The number of aryl methyl sites for hydroxylation is 1. The third-order valence-electron chi connectivity index (χ3n) is 4.36. The zero-order valence-electron chi connectivity index (χ0n) is 14.9. The average Bonchev–Trinajstić information content (AvgIpc) is 3.15. The molecule has 0 spiro atoms. The Morgan fingerprint density at radius 1 is 1.44 bits per heavy atom. The highest BCUT2D eigenvalue weighted by atomic mass is 35.5. The fraction of sp³-hybridized carbons (Fsp3) is 0.471. The summed E-state index contributed by atoms with van der Waals surface area (Å²) in [5.41, 5.74) is 1.08. The van der Waals surface area contributed by atoms with Crippen LogP contribution < -0.4 is 9.64 Å². The van der Waals surface area contributed by atoms with Crippen molar-refractivity contribution in [3.05, 3.63) is 34.7 Å². The molecule has 134 valence electrons. The Morgan fingerprint density at radius 2 is 2.20 bits per heavy atom. The molecule has 1 aliphatic rings. The first-order chi connectivity index (χ1) is 11.9. The minimum Gasteiger partial charge on any atom is -0.485 e. The molecular formula is C17H22ClN5O2. The lowest BCUT2D eigenvalue weighted by Gasteiger charge is -2.20. The lowest BCUT2D eigenvalue weighted by molar-refractivity contribution is 0.0766. The molecule has 0 aliphatic carbocycles. The van der Waals surface area contributed by atoms with Gasteiger partial charge < -0.3 is 14.5 Å². The normalized spacial score (nSPS) is 17.0. The number of anilines is 1. The number of pyridine rings is 1. The minimum atomic E-state index is -0.154. The zero-order valence-corrected chi connectivity index (χ0v) is 15.6. The number of carbonyl (C=O) groups is 1. The maximum absolute atomic E-state index is 12.7. The molecule has 1 atom stereocenters. The predicted molar refractivity (Wildman–Crippen MR) is 96.5 cm³/mol.